The van der Waals surface area contributed by atoms with Crippen molar-refractivity contribution in [3.05, 3.63) is 77.9 Å². The van der Waals surface area contributed by atoms with Gasteiger partial charge in [0.15, 0.2) is 0 Å². The summed E-state index contributed by atoms with van der Waals surface area (Å²) in [5.41, 5.74) is 7.58. The topological polar surface area (TPSA) is 93.7 Å². The number of nitrogens with one attached hydrogen (secondary N) is 1. The summed E-state index contributed by atoms with van der Waals surface area (Å²) in [6, 6.07) is 1.69. The van der Waals surface area contributed by atoms with Gasteiger partial charge in [-0.25, -0.2) is 14.4 Å². The standard InChI is InChI=1S/C16H14FN5O/c17-12-3-1-2-11(4-5-12)10-14(22-8-9-23-16(22)19)13-6-7-20-15(18)21-13/h1,3-10,19H,2H2,(H2,18,20,21)/b14-10+,19-16?. The summed E-state index contributed by atoms with van der Waals surface area (Å²) in [4.78, 5) is 8.07. The van der Waals surface area contributed by atoms with Crippen molar-refractivity contribution in [1.82, 2.24) is 14.5 Å². The molecule has 0 saturated heterocycles. The highest BCUT2D eigenvalue weighted by Gasteiger charge is 2.10. The Kier molecular flexibility index (Phi) is 4.01. The van der Waals surface area contributed by atoms with Gasteiger partial charge in [-0.3, -0.25) is 9.98 Å². The molecule has 0 spiro atoms. The van der Waals surface area contributed by atoms with Crippen LogP contribution >= 0.6 is 0 Å². The molecule has 0 unspecified atom stereocenters. The van der Waals surface area contributed by atoms with Crippen molar-refractivity contribution in [3.8, 4) is 0 Å². The number of nitrogens with zero attached hydrogens (tertiary/aromatic N) is 3. The normalized spacial score (nSPS) is 15.1. The lowest BCUT2D eigenvalue weighted by molar-refractivity contribution is 0.477. The quantitative estimate of drug-likeness (QED) is 0.911. The number of hydrogen-bond donors (Lipinski definition) is 2. The van der Waals surface area contributed by atoms with E-state index in [1.54, 1.807) is 24.4 Å². The zero-order valence-electron chi connectivity index (χ0n) is 12.1. The van der Waals surface area contributed by atoms with Crippen LogP contribution in [0.15, 0.2) is 70.9 Å². The molecule has 0 radical (unpaired) electrons. The van der Waals surface area contributed by atoms with Crippen LogP contribution in [0.2, 0.25) is 0 Å². The van der Waals surface area contributed by atoms with Crippen molar-refractivity contribution < 1.29 is 8.81 Å². The average Bonchev–Trinajstić information content (AvgIpc) is 2.84. The second kappa shape index (κ2) is 6.27. The van der Waals surface area contributed by atoms with Gasteiger partial charge in [-0.15, -0.1) is 0 Å². The summed E-state index contributed by atoms with van der Waals surface area (Å²) >= 11 is 0. The van der Waals surface area contributed by atoms with Crippen molar-refractivity contribution in [2.45, 2.75) is 6.42 Å². The summed E-state index contributed by atoms with van der Waals surface area (Å²) in [5.74, 6) is -0.178. The molecule has 6 nitrogen and oxygen atoms in total. The number of oxazole rings is 1. The molecule has 0 atom stereocenters. The van der Waals surface area contributed by atoms with Gasteiger partial charge in [0.05, 0.1) is 11.4 Å². The Balaban J connectivity index is 2.13. The van der Waals surface area contributed by atoms with Gasteiger partial charge < -0.3 is 10.2 Å². The zero-order valence-corrected chi connectivity index (χ0v) is 12.1. The first-order chi connectivity index (χ1) is 11.1. The van der Waals surface area contributed by atoms with E-state index in [0.717, 1.165) is 5.57 Å². The molecule has 0 amide bonds. The Morgan fingerprint density at radius 2 is 2.30 bits per heavy atom. The molecule has 2 aromatic rings. The summed E-state index contributed by atoms with van der Waals surface area (Å²) in [6.45, 7) is 0. The zero-order chi connectivity index (χ0) is 16.2. The van der Waals surface area contributed by atoms with Gasteiger partial charge >= 0.3 is 0 Å². The molecule has 0 aliphatic heterocycles. The highest BCUT2D eigenvalue weighted by molar-refractivity contribution is 5.66. The second-order valence-corrected chi connectivity index (χ2v) is 4.81. The monoisotopic (exact) mass is 311 g/mol. The Labute approximate surface area is 131 Å². The third-order valence-electron chi connectivity index (χ3n) is 3.21. The van der Waals surface area contributed by atoms with E-state index < -0.39 is 0 Å². The first-order valence-corrected chi connectivity index (χ1v) is 6.88. The highest BCUT2D eigenvalue weighted by Crippen LogP contribution is 2.20. The first-order valence-electron chi connectivity index (χ1n) is 6.88. The molecular weight excluding hydrogens is 297 g/mol. The Morgan fingerprint density at radius 3 is 3.04 bits per heavy atom. The van der Waals surface area contributed by atoms with Gasteiger partial charge in [0.1, 0.15) is 12.1 Å². The number of aromatic nitrogens is 3. The Morgan fingerprint density at radius 1 is 1.43 bits per heavy atom. The van der Waals surface area contributed by atoms with Crippen molar-refractivity contribution >= 4 is 11.6 Å². The van der Waals surface area contributed by atoms with E-state index in [2.05, 4.69) is 9.97 Å². The first kappa shape index (κ1) is 14.7. The summed E-state index contributed by atoms with van der Waals surface area (Å²) in [7, 11) is 0. The van der Waals surface area contributed by atoms with Crippen molar-refractivity contribution in [1.29, 1.82) is 5.41 Å². The maximum Gasteiger partial charge on any atom is 0.298 e. The van der Waals surface area contributed by atoms with Crippen LogP contribution in [0.4, 0.5) is 10.3 Å². The van der Waals surface area contributed by atoms with Gasteiger partial charge in [-0.05, 0) is 36.3 Å². The van der Waals surface area contributed by atoms with E-state index in [-0.39, 0.29) is 17.5 Å². The molecule has 1 aliphatic rings. The Bertz CT molecular complexity index is 901. The van der Waals surface area contributed by atoms with Crippen LogP contribution in [0.1, 0.15) is 12.1 Å². The second-order valence-electron chi connectivity index (χ2n) is 4.81. The lowest BCUT2D eigenvalue weighted by Gasteiger charge is -2.09. The van der Waals surface area contributed by atoms with Crippen LogP contribution < -0.4 is 11.4 Å². The number of hydrogen-bond acceptors (Lipinski definition) is 5. The van der Waals surface area contributed by atoms with E-state index in [1.807, 2.05) is 6.08 Å². The van der Waals surface area contributed by atoms with Gasteiger partial charge in [0.25, 0.3) is 5.68 Å². The number of anilines is 1. The fourth-order valence-corrected chi connectivity index (χ4v) is 2.15. The number of nitrogens with two attached hydrogens (primary N) is 1. The molecule has 1 aliphatic carbocycles. The van der Waals surface area contributed by atoms with Crippen LogP contribution in [-0.2, 0) is 0 Å². The van der Waals surface area contributed by atoms with Crippen LogP contribution in [0.25, 0.3) is 5.70 Å². The van der Waals surface area contributed by atoms with E-state index in [9.17, 15) is 4.39 Å². The lowest BCUT2D eigenvalue weighted by Crippen LogP contribution is -2.15. The third kappa shape index (κ3) is 3.34. The fourth-order valence-electron chi connectivity index (χ4n) is 2.15. The molecule has 7 heteroatoms. The van der Waals surface area contributed by atoms with Crippen LogP contribution in [-0.4, -0.2) is 14.5 Å². The lowest BCUT2D eigenvalue weighted by atomic mass is 10.1. The van der Waals surface area contributed by atoms with Crippen molar-refractivity contribution in [2.75, 3.05) is 5.73 Å². The largest absolute Gasteiger partial charge is 0.432 e. The molecule has 0 aromatic carbocycles. The van der Waals surface area contributed by atoms with Gasteiger partial charge in [0, 0.05) is 12.4 Å². The molecule has 0 saturated carbocycles. The predicted octanol–water partition coefficient (Wildman–Crippen LogP) is 2.56. The summed E-state index contributed by atoms with van der Waals surface area (Å²) in [6.07, 6.45) is 13.1. The van der Waals surface area contributed by atoms with E-state index in [4.69, 9.17) is 15.6 Å². The number of rotatable bonds is 3. The number of nitrogen functional groups attached to an aromatic ring is 1. The Hall–Kier alpha value is -3.22. The maximum atomic E-state index is 13.3. The molecule has 0 bridgehead atoms. The van der Waals surface area contributed by atoms with Gasteiger partial charge in [-0.1, -0.05) is 12.2 Å². The average molecular weight is 311 g/mol. The molecule has 2 aromatic heterocycles. The third-order valence-corrected chi connectivity index (χ3v) is 3.21. The fraction of sp³-hybridized carbons (Fsp3) is 0.0625. The van der Waals surface area contributed by atoms with Gasteiger partial charge in [-0.2, -0.15) is 0 Å². The smallest absolute Gasteiger partial charge is 0.298 e. The van der Waals surface area contributed by atoms with Crippen molar-refractivity contribution in [3.63, 3.8) is 0 Å². The van der Waals surface area contributed by atoms with Gasteiger partial charge in [0.2, 0.25) is 5.95 Å². The SMILES string of the molecule is N=c1occn1/C(=C/C1=CC=C(F)C=CC1)c1ccnc(N)n1. The van der Waals surface area contributed by atoms with E-state index >= 15 is 0 Å². The molecule has 116 valence electrons. The van der Waals surface area contributed by atoms with Crippen LogP contribution in [0, 0.1) is 5.41 Å². The minimum absolute atomic E-state index is 0.0556. The molecular formula is C16H14FN5O. The minimum atomic E-state index is -0.307. The predicted molar refractivity (Wildman–Crippen MR) is 83.4 cm³/mol. The molecule has 2 heterocycles. The molecule has 3 rings (SSSR count). The highest BCUT2D eigenvalue weighted by atomic mass is 19.1. The summed E-state index contributed by atoms with van der Waals surface area (Å²) in [5, 5.41) is 7.85. The molecule has 23 heavy (non-hydrogen) atoms. The number of halogens is 1. The van der Waals surface area contributed by atoms with E-state index in [1.165, 1.54) is 29.2 Å². The number of allylic oxidation sites excluding steroid dienone is 7. The summed E-state index contributed by atoms with van der Waals surface area (Å²) < 4.78 is 19.9. The van der Waals surface area contributed by atoms with E-state index in [0.29, 0.717) is 17.8 Å². The molecule has 0 fully saturated rings. The molecule has 3 N–H and O–H groups in total. The minimum Gasteiger partial charge on any atom is -0.432 e. The van der Waals surface area contributed by atoms with Crippen LogP contribution in [0.5, 0.6) is 0 Å². The maximum absolute atomic E-state index is 13.3. The van der Waals surface area contributed by atoms with Crippen molar-refractivity contribution in [2.24, 2.45) is 0 Å². The van der Waals surface area contributed by atoms with Crippen LogP contribution in [0.3, 0.4) is 0 Å².